The molecule has 16 heavy (non-hydrogen) atoms. The Balaban J connectivity index is 2.27. The number of aryl methyl sites for hydroxylation is 2. The van der Waals surface area contributed by atoms with E-state index in [0.717, 1.165) is 6.54 Å². The summed E-state index contributed by atoms with van der Waals surface area (Å²) in [5.41, 5.74) is 10.8. The van der Waals surface area contributed by atoms with Crippen molar-refractivity contribution in [2.75, 3.05) is 0 Å². The number of benzene rings is 1. The number of nitrogens with two attached hydrogens (primary N) is 1. The van der Waals surface area contributed by atoms with Gasteiger partial charge in [0.25, 0.3) is 0 Å². The van der Waals surface area contributed by atoms with Gasteiger partial charge >= 0.3 is 0 Å². The van der Waals surface area contributed by atoms with Gasteiger partial charge in [-0.05, 0) is 37.1 Å². The molecular formula is C14H18N2. The van der Waals surface area contributed by atoms with E-state index in [1.165, 1.54) is 22.5 Å². The van der Waals surface area contributed by atoms with Crippen LogP contribution in [0.1, 0.15) is 22.5 Å². The van der Waals surface area contributed by atoms with Crippen LogP contribution in [0, 0.1) is 13.8 Å². The predicted molar refractivity (Wildman–Crippen MR) is 67.3 cm³/mol. The lowest BCUT2D eigenvalue weighted by atomic mass is 10.1. The van der Waals surface area contributed by atoms with E-state index < -0.39 is 0 Å². The van der Waals surface area contributed by atoms with E-state index in [4.69, 9.17) is 5.73 Å². The quantitative estimate of drug-likeness (QED) is 0.836. The van der Waals surface area contributed by atoms with Crippen LogP contribution < -0.4 is 5.73 Å². The fourth-order valence-electron chi connectivity index (χ4n) is 1.99. The molecule has 2 heteroatoms. The minimum absolute atomic E-state index is 0.609. The van der Waals surface area contributed by atoms with Crippen LogP contribution >= 0.6 is 0 Å². The van der Waals surface area contributed by atoms with E-state index in [1.807, 2.05) is 0 Å². The van der Waals surface area contributed by atoms with Crippen LogP contribution in [-0.4, -0.2) is 4.57 Å². The molecule has 0 fully saturated rings. The summed E-state index contributed by atoms with van der Waals surface area (Å²) in [6.07, 6.45) is 0. The molecule has 1 heterocycles. The molecule has 0 radical (unpaired) electrons. The van der Waals surface area contributed by atoms with Crippen LogP contribution in [0.3, 0.4) is 0 Å². The maximum atomic E-state index is 5.65. The molecule has 0 aliphatic heterocycles. The smallest absolute Gasteiger partial charge is 0.0475 e. The highest BCUT2D eigenvalue weighted by atomic mass is 15.0. The van der Waals surface area contributed by atoms with Crippen LogP contribution in [0.2, 0.25) is 0 Å². The Hall–Kier alpha value is -1.54. The molecule has 0 saturated carbocycles. The molecule has 2 rings (SSSR count). The largest absolute Gasteiger partial charge is 0.345 e. The third-order valence-corrected chi connectivity index (χ3v) is 2.99. The molecule has 1 aromatic carbocycles. The standard InChI is InChI=1S/C14H18N2/c1-11-6-7-12(2)16(11)10-14-5-3-4-13(8-14)9-15/h3-8H,9-10,15H2,1-2H3. The fraction of sp³-hybridized carbons (Fsp3) is 0.286. The van der Waals surface area contributed by atoms with Crippen LogP contribution in [-0.2, 0) is 13.1 Å². The Labute approximate surface area is 96.7 Å². The van der Waals surface area contributed by atoms with Crippen molar-refractivity contribution >= 4 is 0 Å². The monoisotopic (exact) mass is 214 g/mol. The lowest BCUT2D eigenvalue weighted by Crippen LogP contribution is -2.04. The van der Waals surface area contributed by atoms with Gasteiger partial charge in [-0.1, -0.05) is 24.3 Å². The SMILES string of the molecule is Cc1ccc(C)n1Cc1cccc(CN)c1. The first-order valence-electron chi connectivity index (χ1n) is 5.61. The first kappa shape index (κ1) is 11.0. The number of hydrogen-bond acceptors (Lipinski definition) is 1. The third-order valence-electron chi connectivity index (χ3n) is 2.99. The van der Waals surface area contributed by atoms with Crippen LogP contribution in [0.5, 0.6) is 0 Å². The van der Waals surface area contributed by atoms with Crippen LogP contribution in [0.4, 0.5) is 0 Å². The summed E-state index contributed by atoms with van der Waals surface area (Å²) in [6.45, 7) is 5.82. The highest BCUT2D eigenvalue weighted by molar-refractivity contribution is 5.25. The normalized spacial score (nSPS) is 10.7. The summed E-state index contributed by atoms with van der Waals surface area (Å²) in [6, 6.07) is 12.8. The molecule has 0 spiro atoms. The Morgan fingerprint density at radius 3 is 2.25 bits per heavy atom. The fourth-order valence-corrected chi connectivity index (χ4v) is 1.99. The molecule has 84 valence electrons. The average Bonchev–Trinajstić information content (AvgIpc) is 2.61. The van der Waals surface area contributed by atoms with E-state index in [0.29, 0.717) is 6.54 Å². The van der Waals surface area contributed by atoms with Crippen LogP contribution in [0.15, 0.2) is 36.4 Å². The van der Waals surface area contributed by atoms with E-state index in [-0.39, 0.29) is 0 Å². The Kier molecular flexibility index (Phi) is 3.11. The summed E-state index contributed by atoms with van der Waals surface area (Å²) < 4.78 is 2.32. The molecule has 2 N–H and O–H groups in total. The molecule has 0 aliphatic rings. The number of aromatic nitrogens is 1. The average molecular weight is 214 g/mol. The van der Waals surface area contributed by atoms with Crippen molar-refractivity contribution in [2.45, 2.75) is 26.9 Å². The van der Waals surface area contributed by atoms with Gasteiger partial charge in [0.1, 0.15) is 0 Å². The predicted octanol–water partition coefficient (Wildman–Crippen LogP) is 2.61. The van der Waals surface area contributed by atoms with Gasteiger partial charge in [0.05, 0.1) is 0 Å². The lowest BCUT2D eigenvalue weighted by Gasteiger charge is -2.10. The van der Waals surface area contributed by atoms with Gasteiger partial charge < -0.3 is 10.3 Å². The first-order valence-corrected chi connectivity index (χ1v) is 5.61. The topological polar surface area (TPSA) is 30.9 Å². The summed E-state index contributed by atoms with van der Waals surface area (Å²) in [5.74, 6) is 0. The van der Waals surface area contributed by atoms with Gasteiger partial charge in [-0.3, -0.25) is 0 Å². The van der Waals surface area contributed by atoms with Gasteiger partial charge in [0, 0.05) is 24.5 Å². The Morgan fingerprint density at radius 2 is 1.62 bits per heavy atom. The lowest BCUT2D eigenvalue weighted by molar-refractivity contribution is 0.748. The third kappa shape index (κ3) is 2.17. The molecule has 2 nitrogen and oxygen atoms in total. The highest BCUT2D eigenvalue weighted by Gasteiger charge is 2.02. The molecule has 0 amide bonds. The maximum Gasteiger partial charge on any atom is 0.0475 e. The van der Waals surface area contributed by atoms with Gasteiger partial charge in [-0.15, -0.1) is 0 Å². The summed E-state index contributed by atoms with van der Waals surface area (Å²) in [5, 5.41) is 0. The van der Waals surface area contributed by atoms with Crippen LogP contribution in [0.25, 0.3) is 0 Å². The zero-order valence-electron chi connectivity index (χ0n) is 9.90. The Morgan fingerprint density at radius 1 is 1.00 bits per heavy atom. The number of rotatable bonds is 3. The zero-order chi connectivity index (χ0) is 11.5. The van der Waals surface area contributed by atoms with E-state index in [1.54, 1.807) is 0 Å². The van der Waals surface area contributed by atoms with Crippen molar-refractivity contribution in [3.05, 3.63) is 58.9 Å². The van der Waals surface area contributed by atoms with Gasteiger partial charge in [0.15, 0.2) is 0 Å². The molecule has 1 aromatic heterocycles. The number of nitrogens with zero attached hydrogens (tertiary/aromatic N) is 1. The van der Waals surface area contributed by atoms with Gasteiger partial charge in [-0.2, -0.15) is 0 Å². The summed E-state index contributed by atoms with van der Waals surface area (Å²) in [7, 11) is 0. The van der Waals surface area contributed by atoms with Crippen molar-refractivity contribution in [3.63, 3.8) is 0 Å². The second kappa shape index (κ2) is 4.54. The van der Waals surface area contributed by atoms with E-state index in [9.17, 15) is 0 Å². The maximum absolute atomic E-state index is 5.65. The number of hydrogen-bond donors (Lipinski definition) is 1. The molecule has 0 bridgehead atoms. The second-order valence-electron chi connectivity index (χ2n) is 4.23. The molecule has 0 aliphatic carbocycles. The molecular weight excluding hydrogens is 196 g/mol. The van der Waals surface area contributed by atoms with Crippen molar-refractivity contribution in [1.29, 1.82) is 0 Å². The minimum Gasteiger partial charge on any atom is -0.345 e. The van der Waals surface area contributed by atoms with Crippen molar-refractivity contribution in [3.8, 4) is 0 Å². The first-order chi connectivity index (χ1) is 7.70. The van der Waals surface area contributed by atoms with E-state index in [2.05, 4.69) is 54.8 Å². The van der Waals surface area contributed by atoms with Gasteiger partial charge in [0.2, 0.25) is 0 Å². The molecule has 0 unspecified atom stereocenters. The van der Waals surface area contributed by atoms with Crippen molar-refractivity contribution in [2.24, 2.45) is 5.73 Å². The highest BCUT2D eigenvalue weighted by Crippen LogP contribution is 2.12. The zero-order valence-corrected chi connectivity index (χ0v) is 9.90. The molecule has 0 saturated heterocycles. The summed E-state index contributed by atoms with van der Waals surface area (Å²) >= 11 is 0. The molecule has 2 aromatic rings. The van der Waals surface area contributed by atoms with Crippen molar-refractivity contribution in [1.82, 2.24) is 4.57 Å². The Bertz CT molecular complexity index is 464. The van der Waals surface area contributed by atoms with Gasteiger partial charge in [-0.25, -0.2) is 0 Å². The molecule has 0 atom stereocenters. The second-order valence-corrected chi connectivity index (χ2v) is 4.23. The summed E-state index contributed by atoms with van der Waals surface area (Å²) in [4.78, 5) is 0. The minimum atomic E-state index is 0.609. The van der Waals surface area contributed by atoms with E-state index >= 15 is 0 Å². The van der Waals surface area contributed by atoms with Crippen molar-refractivity contribution < 1.29 is 0 Å².